The SMILES string of the molecule is CC(=O)Nc1cc(C(=O)NCC2CCCNC2)ccc1F.Cl. The Labute approximate surface area is 135 Å². The molecule has 1 heterocycles. The minimum absolute atomic E-state index is 0. The molecule has 0 spiro atoms. The summed E-state index contributed by atoms with van der Waals surface area (Å²) in [7, 11) is 0. The quantitative estimate of drug-likeness (QED) is 0.790. The Morgan fingerprint density at radius 3 is 2.82 bits per heavy atom. The number of piperidine rings is 1. The minimum atomic E-state index is -0.557. The zero-order chi connectivity index (χ0) is 15.2. The third-order valence-electron chi connectivity index (χ3n) is 3.49. The van der Waals surface area contributed by atoms with Gasteiger partial charge in [-0.25, -0.2) is 4.39 Å². The molecule has 1 saturated heterocycles. The lowest BCUT2D eigenvalue weighted by molar-refractivity contribution is -0.114. The van der Waals surface area contributed by atoms with Gasteiger partial charge in [-0.2, -0.15) is 0 Å². The number of hydrogen-bond acceptors (Lipinski definition) is 3. The predicted molar refractivity (Wildman–Crippen MR) is 85.9 cm³/mol. The summed E-state index contributed by atoms with van der Waals surface area (Å²) in [6.45, 7) is 3.82. The van der Waals surface area contributed by atoms with Crippen molar-refractivity contribution in [2.45, 2.75) is 19.8 Å². The van der Waals surface area contributed by atoms with Crippen LogP contribution in [-0.4, -0.2) is 31.4 Å². The summed E-state index contributed by atoms with van der Waals surface area (Å²) in [5.41, 5.74) is 0.360. The van der Waals surface area contributed by atoms with E-state index in [0.717, 1.165) is 25.9 Å². The van der Waals surface area contributed by atoms with Crippen LogP contribution in [0.15, 0.2) is 18.2 Å². The van der Waals surface area contributed by atoms with Gasteiger partial charge in [-0.3, -0.25) is 9.59 Å². The van der Waals surface area contributed by atoms with Crippen molar-refractivity contribution < 1.29 is 14.0 Å². The number of hydrogen-bond donors (Lipinski definition) is 3. The zero-order valence-electron chi connectivity index (χ0n) is 12.4. The van der Waals surface area contributed by atoms with Crippen LogP contribution in [0.5, 0.6) is 0 Å². The molecule has 1 aliphatic rings. The van der Waals surface area contributed by atoms with Crippen LogP contribution in [0.3, 0.4) is 0 Å². The third kappa shape index (κ3) is 5.27. The van der Waals surface area contributed by atoms with Crippen molar-refractivity contribution in [2.24, 2.45) is 5.92 Å². The van der Waals surface area contributed by atoms with E-state index >= 15 is 0 Å². The highest BCUT2D eigenvalue weighted by Crippen LogP contribution is 2.16. The molecule has 1 unspecified atom stereocenters. The number of nitrogens with one attached hydrogen (secondary N) is 3. The van der Waals surface area contributed by atoms with Gasteiger partial charge in [0.15, 0.2) is 0 Å². The van der Waals surface area contributed by atoms with Crippen LogP contribution in [0.1, 0.15) is 30.1 Å². The largest absolute Gasteiger partial charge is 0.352 e. The molecule has 0 aliphatic carbocycles. The van der Waals surface area contributed by atoms with Crippen molar-refractivity contribution in [3.8, 4) is 0 Å². The molecule has 2 amide bonds. The van der Waals surface area contributed by atoms with Gasteiger partial charge in [0, 0.05) is 19.0 Å². The second-order valence-corrected chi connectivity index (χ2v) is 5.30. The van der Waals surface area contributed by atoms with Crippen molar-refractivity contribution >= 4 is 29.9 Å². The van der Waals surface area contributed by atoms with E-state index in [9.17, 15) is 14.0 Å². The Bertz CT molecular complexity index is 534. The van der Waals surface area contributed by atoms with Crippen LogP contribution in [-0.2, 0) is 4.79 Å². The average Bonchev–Trinajstić information content (AvgIpc) is 2.47. The molecule has 0 radical (unpaired) electrons. The number of amides is 2. The molecule has 22 heavy (non-hydrogen) atoms. The van der Waals surface area contributed by atoms with E-state index in [4.69, 9.17) is 0 Å². The van der Waals surface area contributed by atoms with Crippen molar-refractivity contribution in [1.29, 1.82) is 0 Å². The summed E-state index contributed by atoms with van der Waals surface area (Å²) in [6, 6.07) is 3.95. The number of carbonyl (C=O) groups excluding carboxylic acids is 2. The van der Waals surface area contributed by atoms with E-state index in [1.165, 1.54) is 25.1 Å². The van der Waals surface area contributed by atoms with Crippen molar-refractivity contribution in [3.63, 3.8) is 0 Å². The summed E-state index contributed by atoms with van der Waals surface area (Å²) in [5.74, 6) is -0.761. The third-order valence-corrected chi connectivity index (χ3v) is 3.49. The molecule has 0 aromatic heterocycles. The number of carbonyl (C=O) groups is 2. The number of anilines is 1. The summed E-state index contributed by atoms with van der Waals surface area (Å²) < 4.78 is 13.5. The normalized spacial score (nSPS) is 17.3. The summed E-state index contributed by atoms with van der Waals surface area (Å²) >= 11 is 0. The standard InChI is InChI=1S/C15H20FN3O2.ClH/c1-10(20)19-14-7-12(4-5-13(14)16)15(21)18-9-11-3-2-6-17-8-11;/h4-5,7,11,17H,2-3,6,8-9H2,1H3,(H,18,21)(H,19,20);1H. The second kappa shape index (κ2) is 8.70. The van der Waals surface area contributed by atoms with Gasteiger partial charge < -0.3 is 16.0 Å². The van der Waals surface area contributed by atoms with Crippen LogP contribution in [0, 0.1) is 11.7 Å². The van der Waals surface area contributed by atoms with Crippen molar-refractivity contribution in [1.82, 2.24) is 10.6 Å². The number of benzene rings is 1. The summed E-state index contributed by atoms with van der Waals surface area (Å²) in [6.07, 6.45) is 2.21. The Balaban J connectivity index is 0.00000242. The lowest BCUT2D eigenvalue weighted by Gasteiger charge is -2.22. The molecule has 1 aromatic carbocycles. The van der Waals surface area contributed by atoms with Crippen LogP contribution < -0.4 is 16.0 Å². The van der Waals surface area contributed by atoms with Crippen LogP contribution in [0.2, 0.25) is 0 Å². The van der Waals surface area contributed by atoms with E-state index in [1.807, 2.05) is 0 Å². The van der Waals surface area contributed by atoms with E-state index in [-0.39, 0.29) is 29.9 Å². The maximum atomic E-state index is 13.5. The second-order valence-electron chi connectivity index (χ2n) is 5.30. The van der Waals surface area contributed by atoms with Gasteiger partial charge in [0.05, 0.1) is 5.69 Å². The highest BCUT2D eigenvalue weighted by atomic mass is 35.5. The molecule has 1 aromatic rings. The first-order chi connectivity index (χ1) is 10.1. The number of halogens is 2. The van der Waals surface area contributed by atoms with Crippen LogP contribution >= 0.6 is 12.4 Å². The molecule has 1 aliphatic heterocycles. The zero-order valence-corrected chi connectivity index (χ0v) is 13.3. The maximum absolute atomic E-state index is 13.5. The van der Waals surface area contributed by atoms with Gasteiger partial charge in [0.2, 0.25) is 5.91 Å². The summed E-state index contributed by atoms with van der Waals surface area (Å²) in [5, 5.41) is 8.51. The smallest absolute Gasteiger partial charge is 0.251 e. The topological polar surface area (TPSA) is 70.2 Å². The van der Waals surface area contributed by atoms with E-state index < -0.39 is 5.82 Å². The first-order valence-corrected chi connectivity index (χ1v) is 7.12. The Kier molecular flexibility index (Phi) is 7.27. The highest BCUT2D eigenvalue weighted by Gasteiger charge is 2.15. The molecule has 1 fully saturated rings. The fourth-order valence-electron chi connectivity index (χ4n) is 2.39. The van der Waals surface area contributed by atoms with Crippen molar-refractivity contribution in [3.05, 3.63) is 29.6 Å². The molecule has 0 bridgehead atoms. The molecule has 7 heteroatoms. The molecular weight excluding hydrogens is 309 g/mol. The lowest BCUT2D eigenvalue weighted by atomic mass is 9.99. The maximum Gasteiger partial charge on any atom is 0.251 e. The Hall–Kier alpha value is -1.66. The Morgan fingerprint density at radius 2 is 2.18 bits per heavy atom. The van der Waals surface area contributed by atoms with E-state index in [1.54, 1.807) is 0 Å². The van der Waals surface area contributed by atoms with Crippen molar-refractivity contribution in [2.75, 3.05) is 25.0 Å². The number of rotatable bonds is 4. The lowest BCUT2D eigenvalue weighted by Crippen LogP contribution is -2.38. The molecule has 1 atom stereocenters. The van der Waals surface area contributed by atoms with Gasteiger partial charge in [-0.1, -0.05) is 0 Å². The van der Waals surface area contributed by atoms with E-state index in [0.29, 0.717) is 18.0 Å². The van der Waals surface area contributed by atoms with E-state index in [2.05, 4.69) is 16.0 Å². The first kappa shape index (κ1) is 18.4. The summed E-state index contributed by atoms with van der Waals surface area (Å²) in [4.78, 5) is 23.1. The Morgan fingerprint density at radius 1 is 1.41 bits per heavy atom. The average molecular weight is 330 g/mol. The monoisotopic (exact) mass is 329 g/mol. The van der Waals surface area contributed by atoms with Gasteiger partial charge in [0.1, 0.15) is 5.82 Å². The van der Waals surface area contributed by atoms with Gasteiger partial charge >= 0.3 is 0 Å². The predicted octanol–water partition coefficient (Wildman–Crippen LogP) is 1.94. The molecule has 2 rings (SSSR count). The fraction of sp³-hybridized carbons (Fsp3) is 0.467. The molecule has 122 valence electrons. The molecule has 0 saturated carbocycles. The molecular formula is C15H21ClFN3O2. The van der Waals surface area contributed by atoms with Gasteiger partial charge in [0.25, 0.3) is 5.91 Å². The molecule has 5 nitrogen and oxygen atoms in total. The minimum Gasteiger partial charge on any atom is -0.352 e. The van der Waals surface area contributed by atoms with Crippen LogP contribution in [0.25, 0.3) is 0 Å². The van der Waals surface area contributed by atoms with Gasteiger partial charge in [-0.05, 0) is 50.0 Å². The fourth-order valence-corrected chi connectivity index (χ4v) is 2.39. The van der Waals surface area contributed by atoms with Crippen LogP contribution in [0.4, 0.5) is 10.1 Å². The first-order valence-electron chi connectivity index (χ1n) is 7.12. The molecule has 3 N–H and O–H groups in total. The van der Waals surface area contributed by atoms with Gasteiger partial charge in [-0.15, -0.1) is 12.4 Å². The highest BCUT2D eigenvalue weighted by molar-refractivity contribution is 5.96.